The molecule has 0 radical (unpaired) electrons. The lowest BCUT2D eigenvalue weighted by Gasteiger charge is -2.31. The summed E-state index contributed by atoms with van der Waals surface area (Å²) in [6.45, 7) is 5.37. The van der Waals surface area contributed by atoms with Gasteiger partial charge in [0.1, 0.15) is 0 Å². The first-order valence-corrected chi connectivity index (χ1v) is 9.05. The summed E-state index contributed by atoms with van der Waals surface area (Å²) in [6, 6.07) is 10.7. The molecule has 1 atom stereocenters. The third-order valence-electron chi connectivity index (χ3n) is 4.73. The van der Waals surface area contributed by atoms with Gasteiger partial charge in [-0.1, -0.05) is 29.8 Å². The summed E-state index contributed by atoms with van der Waals surface area (Å²) in [5.41, 5.74) is 1.37. The van der Waals surface area contributed by atoms with E-state index >= 15 is 0 Å². The first kappa shape index (κ1) is 19.9. The highest BCUT2D eigenvalue weighted by atomic mass is 19.1. The molecule has 0 aliphatic carbocycles. The largest absolute Gasteiger partial charge is 0.379 e. The van der Waals surface area contributed by atoms with Gasteiger partial charge in [0.15, 0.2) is 0 Å². The maximum atomic E-state index is 13.6. The van der Waals surface area contributed by atoms with Crippen molar-refractivity contribution in [2.75, 3.05) is 32.8 Å². The second-order valence-electron chi connectivity index (χ2n) is 6.77. The Labute approximate surface area is 162 Å². The fourth-order valence-corrected chi connectivity index (χ4v) is 3.11. The number of benzene rings is 2. The van der Waals surface area contributed by atoms with Crippen LogP contribution in [0.1, 0.15) is 27.5 Å². The third-order valence-corrected chi connectivity index (χ3v) is 4.73. The number of ether oxygens (including phenoxy) is 1. The van der Waals surface area contributed by atoms with Gasteiger partial charge in [-0.3, -0.25) is 19.8 Å². The van der Waals surface area contributed by atoms with E-state index in [4.69, 9.17) is 4.74 Å². The van der Waals surface area contributed by atoms with E-state index in [1.807, 2.05) is 31.2 Å². The second-order valence-corrected chi connectivity index (χ2v) is 6.77. The summed E-state index contributed by atoms with van der Waals surface area (Å²) in [7, 11) is 0. The van der Waals surface area contributed by atoms with E-state index in [-0.39, 0.29) is 11.6 Å². The highest BCUT2D eigenvalue weighted by Crippen LogP contribution is 2.21. The summed E-state index contributed by atoms with van der Waals surface area (Å²) in [6.07, 6.45) is 0. The number of amides is 1. The van der Waals surface area contributed by atoms with Crippen molar-refractivity contribution >= 4 is 11.6 Å². The first-order chi connectivity index (χ1) is 13.4. The summed E-state index contributed by atoms with van der Waals surface area (Å²) in [4.78, 5) is 25.0. The number of hydrogen-bond acceptors (Lipinski definition) is 5. The number of aryl methyl sites for hydroxylation is 1. The Balaban J connectivity index is 1.81. The van der Waals surface area contributed by atoms with Crippen LogP contribution in [0.25, 0.3) is 0 Å². The predicted octanol–water partition coefficient (Wildman–Crippen LogP) is 2.85. The minimum Gasteiger partial charge on any atom is -0.379 e. The van der Waals surface area contributed by atoms with Crippen LogP contribution in [0.3, 0.4) is 0 Å². The summed E-state index contributed by atoms with van der Waals surface area (Å²) < 4.78 is 18.9. The lowest BCUT2D eigenvalue weighted by molar-refractivity contribution is -0.387. The number of carbonyl (C=O) groups is 1. The number of hydrogen-bond donors (Lipinski definition) is 1. The average molecular weight is 387 g/mol. The van der Waals surface area contributed by atoms with Crippen molar-refractivity contribution in [2.45, 2.75) is 13.0 Å². The lowest BCUT2D eigenvalue weighted by atomic mass is 10.0. The number of halogens is 1. The van der Waals surface area contributed by atoms with Crippen LogP contribution in [0.15, 0.2) is 42.5 Å². The molecule has 1 aliphatic rings. The van der Waals surface area contributed by atoms with E-state index in [9.17, 15) is 19.3 Å². The Morgan fingerprint density at radius 2 is 1.93 bits per heavy atom. The van der Waals surface area contributed by atoms with Crippen molar-refractivity contribution in [1.82, 2.24) is 10.2 Å². The van der Waals surface area contributed by atoms with Gasteiger partial charge in [0.25, 0.3) is 5.91 Å². The molecular formula is C20H22FN3O4. The minimum atomic E-state index is -0.968. The first-order valence-electron chi connectivity index (χ1n) is 9.05. The molecule has 0 saturated carbocycles. The fourth-order valence-electron chi connectivity index (χ4n) is 3.11. The number of nitro benzene ring substituents is 1. The van der Waals surface area contributed by atoms with Gasteiger partial charge < -0.3 is 10.1 Å². The molecule has 2 aromatic rings. The SMILES string of the molecule is Cc1ccc([C@H](CN2CCOCC2)NC(=O)c2ccc(F)c([N+](=O)[O-])c2)cc1. The molecule has 3 rings (SSSR count). The quantitative estimate of drug-likeness (QED) is 0.609. The Bertz CT molecular complexity index is 851. The van der Waals surface area contributed by atoms with E-state index in [0.717, 1.165) is 36.3 Å². The Morgan fingerprint density at radius 1 is 1.25 bits per heavy atom. The van der Waals surface area contributed by atoms with E-state index < -0.39 is 22.3 Å². The lowest BCUT2D eigenvalue weighted by Crippen LogP contribution is -2.43. The third kappa shape index (κ3) is 4.90. The topological polar surface area (TPSA) is 84.7 Å². The molecule has 7 nitrogen and oxygen atoms in total. The van der Waals surface area contributed by atoms with E-state index in [2.05, 4.69) is 10.2 Å². The van der Waals surface area contributed by atoms with Gasteiger partial charge in [-0.2, -0.15) is 4.39 Å². The van der Waals surface area contributed by atoms with Crippen LogP contribution >= 0.6 is 0 Å². The molecule has 1 heterocycles. The Morgan fingerprint density at radius 3 is 2.57 bits per heavy atom. The number of nitro groups is 1. The summed E-state index contributed by atoms with van der Waals surface area (Å²) in [5.74, 6) is -1.45. The van der Waals surface area contributed by atoms with Crippen molar-refractivity contribution < 1.29 is 18.8 Å². The standard InChI is InChI=1S/C20H22FN3O4/c1-14-2-4-15(5-3-14)18(13-23-8-10-28-11-9-23)22-20(25)16-6-7-17(21)19(12-16)24(26)27/h2-7,12,18H,8-11,13H2,1H3,(H,22,25)/t18-/m0/s1. The normalized spacial score (nSPS) is 15.8. The molecule has 0 unspecified atom stereocenters. The van der Waals surface area contributed by atoms with Crippen LogP contribution in [0.4, 0.5) is 10.1 Å². The van der Waals surface area contributed by atoms with E-state index in [0.29, 0.717) is 19.8 Å². The number of nitrogens with zero attached hydrogens (tertiary/aromatic N) is 2. The van der Waals surface area contributed by atoms with Crippen LogP contribution in [-0.2, 0) is 4.74 Å². The summed E-state index contributed by atoms with van der Waals surface area (Å²) >= 11 is 0. The number of morpholine rings is 1. The highest BCUT2D eigenvalue weighted by Gasteiger charge is 2.23. The van der Waals surface area contributed by atoms with Crippen LogP contribution in [0.5, 0.6) is 0 Å². The van der Waals surface area contributed by atoms with Gasteiger partial charge in [0.2, 0.25) is 5.82 Å². The minimum absolute atomic E-state index is 0.0483. The maximum absolute atomic E-state index is 13.6. The Kier molecular flexibility index (Phi) is 6.33. The van der Waals surface area contributed by atoms with Crippen molar-refractivity contribution in [3.63, 3.8) is 0 Å². The van der Waals surface area contributed by atoms with Gasteiger partial charge in [-0.15, -0.1) is 0 Å². The molecule has 0 aromatic heterocycles. The molecule has 2 aromatic carbocycles. The van der Waals surface area contributed by atoms with Crippen molar-refractivity contribution in [1.29, 1.82) is 0 Å². The number of rotatable bonds is 6. The Hall–Kier alpha value is -2.84. The molecule has 1 saturated heterocycles. The number of carbonyl (C=O) groups excluding carboxylic acids is 1. The average Bonchev–Trinajstić information content (AvgIpc) is 2.69. The summed E-state index contributed by atoms with van der Waals surface area (Å²) in [5, 5.41) is 13.9. The zero-order chi connectivity index (χ0) is 20.1. The highest BCUT2D eigenvalue weighted by molar-refractivity contribution is 5.95. The van der Waals surface area contributed by atoms with Crippen LogP contribution in [-0.4, -0.2) is 48.6 Å². The molecule has 148 valence electrons. The van der Waals surface area contributed by atoms with Gasteiger partial charge >= 0.3 is 5.69 Å². The zero-order valence-electron chi connectivity index (χ0n) is 15.6. The van der Waals surface area contributed by atoms with Crippen LogP contribution in [0.2, 0.25) is 0 Å². The smallest absolute Gasteiger partial charge is 0.305 e. The second kappa shape index (κ2) is 8.90. The van der Waals surface area contributed by atoms with Crippen molar-refractivity contribution in [3.8, 4) is 0 Å². The molecule has 28 heavy (non-hydrogen) atoms. The maximum Gasteiger partial charge on any atom is 0.305 e. The monoisotopic (exact) mass is 387 g/mol. The van der Waals surface area contributed by atoms with Crippen LogP contribution in [0, 0.1) is 22.9 Å². The van der Waals surface area contributed by atoms with E-state index in [1.165, 1.54) is 6.07 Å². The van der Waals surface area contributed by atoms with Crippen molar-refractivity contribution in [2.24, 2.45) is 0 Å². The molecule has 1 fully saturated rings. The van der Waals surface area contributed by atoms with Gasteiger partial charge in [0, 0.05) is 31.3 Å². The fraction of sp³-hybridized carbons (Fsp3) is 0.350. The van der Waals surface area contributed by atoms with Gasteiger partial charge in [0.05, 0.1) is 24.2 Å². The number of nitrogens with one attached hydrogen (secondary N) is 1. The van der Waals surface area contributed by atoms with Gasteiger partial charge in [-0.05, 0) is 24.6 Å². The molecule has 0 spiro atoms. The molecule has 1 N–H and O–H groups in total. The molecule has 0 bridgehead atoms. The van der Waals surface area contributed by atoms with E-state index in [1.54, 1.807) is 0 Å². The molecule has 8 heteroatoms. The molecule has 1 aliphatic heterocycles. The van der Waals surface area contributed by atoms with Crippen LogP contribution < -0.4 is 5.32 Å². The molecular weight excluding hydrogens is 365 g/mol. The molecule has 1 amide bonds. The zero-order valence-corrected chi connectivity index (χ0v) is 15.6. The van der Waals surface area contributed by atoms with Crippen molar-refractivity contribution in [3.05, 3.63) is 75.1 Å². The predicted molar refractivity (Wildman–Crippen MR) is 102 cm³/mol. The van der Waals surface area contributed by atoms with Gasteiger partial charge in [-0.25, -0.2) is 0 Å².